The van der Waals surface area contributed by atoms with Crippen LogP contribution in [0.2, 0.25) is 0 Å². The number of rotatable bonds is 7. The highest BCUT2D eigenvalue weighted by atomic mass is 19.3. The highest BCUT2D eigenvalue weighted by Crippen LogP contribution is 2.00. The standard InChI is InChI=1S/C10H14F2N2O2/c1-14-4-2-8(13-14)6-9(15)3-5-16-7-10(11)12/h2,4,10H,3,5-7H2,1H3. The topological polar surface area (TPSA) is 44.1 Å². The van der Waals surface area contributed by atoms with Crippen LogP contribution in [-0.4, -0.2) is 35.2 Å². The zero-order valence-electron chi connectivity index (χ0n) is 9.03. The van der Waals surface area contributed by atoms with Gasteiger partial charge in [-0.05, 0) is 6.07 Å². The molecule has 6 heteroatoms. The number of Topliss-reactive ketones (excluding diaryl/α,β-unsaturated/α-hetero) is 1. The molecule has 0 radical (unpaired) electrons. The van der Waals surface area contributed by atoms with E-state index in [4.69, 9.17) is 0 Å². The van der Waals surface area contributed by atoms with Crippen LogP contribution < -0.4 is 0 Å². The summed E-state index contributed by atoms with van der Waals surface area (Å²) in [6.07, 6.45) is -0.371. The van der Waals surface area contributed by atoms with E-state index in [1.54, 1.807) is 24.0 Å². The monoisotopic (exact) mass is 232 g/mol. The third kappa shape index (κ3) is 4.97. The van der Waals surface area contributed by atoms with Gasteiger partial charge in [0, 0.05) is 19.7 Å². The number of carbonyl (C=O) groups is 1. The molecule has 0 saturated heterocycles. The Hall–Kier alpha value is -1.30. The van der Waals surface area contributed by atoms with Gasteiger partial charge in [0.25, 0.3) is 6.43 Å². The first-order valence-corrected chi connectivity index (χ1v) is 4.94. The van der Waals surface area contributed by atoms with Gasteiger partial charge < -0.3 is 4.74 Å². The smallest absolute Gasteiger partial charge is 0.261 e. The van der Waals surface area contributed by atoms with Gasteiger partial charge in [0.2, 0.25) is 0 Å². The SMILES string of the molecule is Cn1ccc(CC(=O)CCOCC(F)F)n1. The van der Waals surface area contributed by atoms with E-state index >= 15 is 0 Å². The maximum absolute atomic E-state index is 11.7. The van der Waals surface area contributed by atoms with Gasteiger partial charge in [-0.1, -0.05) is 0 Å². The number of ketones is 1. The number of aryl methyl sites for hydroxylation is 1. The summed E-state index contributed by atoms with van der Waals surface area (Å²) in [4.78, 5) is 11.3. The molecule has 1 aromatic rings. The second-order valence-corrected chi connectivity index (χ2v) is 3.41. The van der Waals surface area contributed by atoms with E-state index in [0.29, 0.717) is 5.69 Å². The molecule has 0 spiro atoms. The fourth-order valence-corrected chi connectivity index (χ4v) is 1.21. The third-order valence-electron chi connectivity index (χ3n) is 1.92. The summed E-state index contributed by atoms with van der Waals surface area (Å²) in [5.41, 5.74) is 0.682. The van der Waals surface area contributed by atoms with Crippen molar-refractivity contribution in [3.8, 4) is 0 Å². The molecule has 0 bridgehead atoms. The number of carbonyl (C=O) groups excluding carboxylic acids is 1. The Balaban J connectivity index is 2.16. The molecule has 90 valence electrons. The van der Waals surface area contributed by atoms with Gasteiger partial charge >= 0.3 is 0 Å². The van der Waals surface area contributed by atoms with Crippen molar-refractivity contribution in [2.75, 3.05) is 13.2 Å². The third-order valence-corrected chi connectivity index (χ3v) is 1.92. The van der Waals surface area contributed by atoms with Crippen LogP contribution >= 0.6 is 0 Å². The second kappa shape index (κ2) is 6.32. The summed E-state index contributed by atoms with van der Waals surface area (Å²) in [6.45, 7) is -0.577. The van der Waals surface area contributed by atoms with Crippen molar-refractivity contribution in [3.05, 3.63) is 18.0 Å². The van der Waals surface area contributed by atoms with Gasteiger partial charge in [0.05, 0.1) is 18.7 Å². The lowest BCUT2D eigenvalue weighted by Gasteiger charge is -2.02. The molecular weight excluding hydrogens is 218 g/mol. The Morgan fingerprint density at radius 3 is 2.94 bits per heavy atom. The van der Waals surface area contributed by atoms with Gasteiger partial charge in [-0.25, -0.2) is 8.78 Å². The van der Waals surface area contributed by atoms with Crippen LogP contribution in [0.25, 0.3) is 0 Å². The number of halogens is 2. The van der Waals surface area contributed by atoms with Crippen LogP contribution in [0.15, 0.2) is 12.3 Å². The van der Waals surface area contributed by atoms with Crippen LogP contribution in [0, 0.1) is 0 Å². The first-order valence-electron chi connectivity index (χ1n) is 4.94. The fraction of sp³-hybridized carbons (Fsp3) is 0.600. The van der Waals surface area contributed by atoms with E-state index in [-0.39, 0.29) is 25.2 Å². The van der Waals surface area contributed by atoms with Gasteiger partial charge in [-0.15, -0.1) is 0 Å². The maximum atomic E-state index is 11.7. The number of alkyl halides is 2. The Morgan fingerprint density at radius 2 is 2.38 bits per heavy atom. The zero-order valence-corrected chi connectivity index (χ0v) is 9.03. The molecule has 0 atom stereocenters. The number of hydrogen-bond donors (Lipinski definition) is 0. The van der Waals surface area contributed by atoms with Gasteiger partial charge in [-0.2, -0.15) is 5.10 Å². The van der Waals surface area contributed by atoms with Crippen molar-refractivity contribution in [3.63, 3.8) is 0 Å². The summed E-state index contributed by atoms with van der Waals surface area (Å²) in [6, 6.07) is 1.75. The molecule has 1 heterocycles. The predicted molar refractivity (Wildman–Crippen MR) is 53.4 cm³/mol. The minimum Gasteiger partial charge on any atom is -0.375 e. The number of nitrogens with zero attached hydrogens (tertiary/aromatic N) is 2. The Bertz CT molecular complexity index is 339. The van der Waals surface area contributed by atoms with Crippen molar-refractivity contribution < 1.29 is 18.3 Å². The molecule has 1 aromatic heterocycles. The first-order chi connectivity index (χ1) is 7.58. The summed E-state index contributed by atoms with van der Waals surface area (Å²) < 4.78 is 29.6. The normalized spacial score (nSPS) is 11.0. The Kier molecular flexibility index (Phi) is 5.04. The second-order valence-electron chi connectivity index (χ2n) is 3.41. The summed E-state index contributed by atoms with van der Waals surface area (Å²) in [7, 11) is 1.76. The van der Waals surface area contributed by atoms with Crippen molar-refractivity contribution in [1.29, 1.82) is 0 Å². The number of ether oxygens (including phenoxy) is 1. The van der Waals surface area contributed by atoms with Crippen molar-refractivity contribution in [1.82, 2.24) is 9.78 Å². The first kappa shape index (κ1) is 12.8. The van der Waals surface area contributed by atoms with Gasteiger partial charge in [-0.3, -0.25) is 9.48 Å². The lowest BCUT2D eigenvalue weighted by Crippen LogP contribution is -2.11. The highest BCUT2D eigenvalue weighted by Gasteiger charge is 2.07. The maximum Gasteiger partial charge on any atom is 0.261 e. The molecule has 0 aliphatic heterocycles. The summed E-state index contributed by atoms with van der Waals surface area (Å²) in [5, 5.41) is 4.04. The van der Waals surface area contributed by atoms with Crippen molar-refractivity contribution >= 4 is 5.78 Å². The van der Waals surface area contributed by atoms with Crippen LogP contribution in [0.3, 0.4) is 0 Å². The molecular formula is C10H14F2N2O2. The summed E-state index contributed by atoms with van der Waals surface area (Å²) >= 11 is 0. The minimum atomic E-state index is -2.48. The fourth-order valence-electron chi connectivity index (χ4n) is 1.21. The average molecular weight is 232 g/mol. The zero-order chi connectivity index (χ0) is 12.0. The van der Waals surface area contributed by atoms with Crippen molar-refractivity contribution in [2.45, 2.75) is 19.3 Å². The molecule has 0 amide bonds. The highest BCUT2D eigenvalue weighted by molar-refractivity contribution is 5.80. The molecule has 4 nitrogen and oxygen atoms in total. The van der Waals surface area contributed by atoms with Crippen LogP contribution in [0.1, 0.15) is 12.1 Å². The molecule has 16 heavy (non-hydrogen) atoms. The largest absolute Gasteiger partial charge is 0.375 e. The summed E-state index contributed by atoms with van der Waals surface area (Å²) in [5.74, 6) is -0.0621. The van der Waals surface area contributed by atoms with Crippen LogP contribution in [0.5, 0.6) is 0 Å². The Labute approximate surface area is 92.2 Å². The van der Waals surface area contributed by atoms with E-state index in [1.165, 1.54) is 0 Å². The van der Waals surface area contributed by atoms with Crippen LogP contribution in [0.4, 0.5) is 8.78 Å². The lowest BCUT2D eigenvalue weighted by molar-refractivity contribution is -0.120. The number of aromatic nitrogens is 2. The molecule has 0 aromatic carbocycles. The van der Waals surface area contributed by atoms with E-state index in [0.717, 1.165) is 0 Å². The minimum absolute atomic E-state index is 0.0377. The molecule has 0 aliphatic carbocycles. The van der Waals surface area contributed by atoms with Crippen LogP contribution in [-0.2, 0) is 23.0 Å². The van der Waals surface area contributed by atoms with E-state index in [2.05, 4.69) is 9.84 Å². The molecule has 0 N–H and O–H groups in total. The average Bonchev–Trinajstić information content (AvgIpc) is 2.58. The quantitative estimate of drug-likeness (QED) is 0.663. The number of hydrogen-bond acceptors (Lipinski definition) is 3. The van der Waals surface area contributed by atoms with E-state index < -0.39 is 13.0 Å². The molecule has 0 unspecified atom stereocenters. The van der Waals surface area contributed by atoms with E-state index in [1.807, 2.05) is 0 Å². The van der Waals surface area contributed by atoms with E-state index in [9.17, 15) is 13.6 Å². The van der Waals surface area contributed by atoms with Gasteiger partial charge in [0.15, 0.2) is 0 Å². The molecule has 0 fully saturated rings. The lowest BCUT2D eigenvalue weighted by atomic mass is 10.2. The molecule has 0 saturated carbocycles. The predicted octanol–water partition coefficient (Wildman–Crippen LogP) is 1.20. The molecule has 0 aliphatic rings. The Morgan fingerprint density at radius 1 is 1.62 bits per heavy atom. The van der Waals surface area contributed by atoms with Crippen molar-refractivity contribution in [2.24, 2.45) is 7.05 Å². The molecule has 1 rings (SSSR count). The van der Waals surface area contributed by atoms with Gasteiger partial charge in [0.1, 0.15) is 12.4 Å².